The number of rotatable bonds is 3. The maximum absolute atomic E-state index is 11.7. The van der Waals surface area contributed by atoms with E-state index >= 15 is 0 Å². The van der Waals surface area contributed by atoms with Gasteiger partial charge < -0.3 is 15.0 Å². The molecule has 2 aromatic heterocycles. The molecule has 0 aliphatic rings. The molecule has 0 amide bonds. The molecule has 7 heteroatoms. The van der Waals surface area contributed by atoms with Crippen molar-refractivity contribution in [1.82, 2.24) is 15.0 Å². The van der Waals surface area contributed by atoms with Gasteiger partial charge in [-0.05, 0) is 38.1 Å². The van der Waals surface area contributed by atoms with Gasteiger partial charge in [-0.25, -0.2) is 14.8 Å². The maximum Gasteiger partial charge on any atom is 0.337 e. The number of nitrogens with one attached hydrogen (secondary N) is 2. The molecule has 0 saturated carbocycles. The summed E-state index contributed by atoms with van der Waals surface area (Å²) in [5.41, 5.74) is 2.72. The maximum atomic E-state index is 11.7. The summed E-state index contributed by atoms with van der Waals surface area (Å²) in [7, 11) is 1.34. The first-order valence-electron chi connectivity index (χ1n) is 6.97. The molecular formula is C16H15ClN4O2. The Kier molecular flexibility index (Phi) is 3.92. The smallest absolute Gasteiger partial charge is 0.337 e. The quantitative estimate of drug-likeness (QED) is 0.715. The number of aryl methyl sites for hydroxylation is 2. The van der Waals surface area contributed by atoms with Crippen molar-refractivity contribution in [3.05, 3.63) is 46.4 Å². The van der Waals surface area contributed by atoms with Crippen LogP contribution in [0.3, 0.4) is 0 Å². The molecule has 23 heavy (non-hydrogen) atoms. The topological polar surface area (TPSA) is 79.9 Å². The van der Waals surface area contributed by atoms with Crippen LogP contribution in [0.15, 0.2) is 24.3 Å². The number of hydrogen-bond acceptors (Lipinski definition) is 5. The first kappa shape index (κ1) is 15.3. The number of fused-ring (bicyclic) bond motifs is 1. The highest BCUT2D eigenvalue weighted by molar-refractivity contribution is 6.33. The number of H-pyrrole nitrogens is 1. The van der Waals surface area contributed by atoms with Crippen molar-refractivity contribution >= 4 is 40.1 Å². The molecule has 118 valence electrons. The monoisotopic (exact) mass is 330 g/mol. The minimum absolute atomic E-state index is 0.409. The predicted molar refractivity (Wildman–Crippen MR) is 89.4 cm³/mol. The average Bonchev–Trinajstić information content (AvgIpc) is 2.89. The van der Waals surface area contributed by atoms with Crippen LogP contribution in [0.1, 0.15) is 21.9 Å². The van der Waals surface area contributed by atoms with Gasteiger partial charge in [-0.3, -0.25) is 0 Å². The first-order chi connectivity index (χ1) is 11.0. The second kappa shape index (κ2) is 5.89. The second-order valence-electron chi connectivity index (χ2n) is 5.15. The van der Waals surface area contributed by atoms with E-state index < -0.39 is 5.97 Å². The van der Waals surface area contributed by atoms with Crippen LogP contribution < -0.4 is 5.32 Å². The number of hydrogen-bond donors (Lipinski definition) is 2. The lowest BCUT2D eigenvalue weighted by molar-refractivity contribution is 0.0601. The number of aromatic amines is 1. The van der Waals surface area contributed by atoms with Crippen molar-refractivity contribution in [1.29, 1.82) is 0 Å². The number of ether oxygens (including phenoxy) is 1. The molecule has 0 unspecified atom stereocenters. The molecule has 0 radical (unpaired) electrons. The average molecular weight is 331 g/mol. The third-order valence-corrected chi connectivity index (χ3v) is 3.70. The Morgan fingerprint density at radius 2 is 2.04 bits per heavy atom. The largest absolute Gasteiger partial charge is 0.465 e. The lowest BCUT2D eigenvalue weighted by Crippen LogP contribution is -2.03. The van der Waals surface area contributed by atoms with Crippen LogP contribution in [0.25, 0.3) is 11.0 Å². The summed E-state index contributed by atoms with van der Waals surface area (Å²) in [6.07, 6.45) is 0. The summed E-state index contributed by atoms with van der Waals surface area (Å²) in [6, 6.07) is 6.84. The standard InChI is InChI=1S/C16H15ClN4O2/c1-8-6-11-14(18-8)19-9(2)20-15(11)21-13-7-10(16(22)23-3)4-5-12(13)17/h4-7H,1-3H3,(H2,18,19,20,21). The van der Waals surface area contributed by atoms with Crippen molar-refractivity contribution in [2.24, 2.45) is 0 Å². The van der Waals surface area contributed by atoms with Crippen molar-refractivity contribution in [2.45, 2.75) is 13.8 Å². The lowest BCUT2D eigenvalue weighted by atomic mass is 10.2. The number of carbonyl (C=O) groups is 1. The number of esters is 1. The highest BCUT2D eigenvalue weighted by Gasteiger charge is 2.13. The summed E-state index contributed by atoms with van der Waals surface area (Å²) in [5.74, 6) is 0.828. The van der Waals surface area contributed by atoms with E-state index in [1.165, 1.54) is 7.11 Å². The lowest BCUT2D eigenvalue weighted by Gasteiger charge is -2.10. The minimum atomic E-state index is -0.425. The number of methoxy groups -OCH3 is 1. The van der Waals surface area contributed by atoms with Crippen molar-refractivity contribution in [3.8, 4) is 0 Å². The van der Waals surface area contributed by atoms with Crippen LogP contribution in [-0.2, 0) is 4.74 Å². The summed E-state index contributed by atoms with van der Waals surface area (Å²) < 4.78 is 4.73. The van der Waals surface area contributed by atoms with Crippen LogP contribution >= 0.6 is 11.6 Å². The van der Waals surface area contributed by atoms with Gasteiger partial charge in [0.2, 0.25) is 0 Å². The van der Waals surface area contributed by atoms with Gasteiger partial charge >= 0.3 is 5.97 Å². The number of anilines is 2. The summed E-state index contributed by atoms with van der Waals surface area (Å²) in [6.45, 7) is 3.76. The Hall–Kier alpha value is -2.60. The van der Waals surface area contributed by atoms with Gasteiger partial charge in [0.1, 0.15) is 17.3 Å². The molecular weight excluding hydrogens is 316 g/mol. The zero-order chi connectivity index (χ0) is 16.6. The van der Waals surface area contributed by atoms with Crippen molar-refractivity contribution in [2.75, 3.05) is 12.4 Å². The SMILES string of the molecule is COC(=O)c1ccc(Cl)c(Nc2nc(C)nc3[nH]c(C)cc23)c1. The van der Waals surface area contributed by atoms with E-state index in [0.29, 0.717) is 27.9 Å². The molecule has 0 bridgehead atoms. The summed E-state index contributed by atoms with van der Waals surface area (Å²) in [5, 5.41) is 4.51. The third-order valence-electron chi connectivity index (χ3n) is 3.37. The molecule has 3 rings (SSSR count). The number of carbonyl (C=O) groups excluding carboxylic acids is 1. The Bertz CT molecular complexity index is 904. The Labute approximate surface area is 137 Å². The van der Waals surface area contributed by atoms with Gasteiger partial charge in [0.25, 0.3) is 0 Å². The fourth-order valence-electron chi connectivity index (χ4n) is 2.34. The van der Waals surface area contributed by atoms with E-state index in [0.717, 1.165) is 16.7 Å². The van der Waals surface area contributed by atoms with Gasteiger partial charge in [0.05, 0.1) is 28.8 Å². The molecule has 0 atom stereocenters. The van der Waals surface area contributed by atoms with Crippen LogP contribution in [-0.4, -0.2) is 28.0 Å². The second-order valence-corrected chi connectivity index (χ2v) is 5.55. The molecule has 2 N–H and O–H groups in total. The molecule has 1 aromatic carbocycles. The fourth-order valence-corrected chi connectivity index (χ4v) is 2.51. The van der Waals surface area contributed by atoms with Crippen molar-refractivity contribution < 1.29 is 9.53 Å². The van der Waals surface area contributed by atoms with E-state index in [9.17, 15) is 4.79 Å². The highest BCUT2D eigenvalue weighted by Crippen LogP contribution is 2.29. The zero-order valence-electron chi connectivity index (χ0n) is 12.9. The fraction of sp³-hybridized carbons (Fsp3) is 0.188. The number of aromatic nitrogens is 3. The van der Waals surface area contributed by atoms with Gasteiger partial charge in [-0.15, -0.1) is 0 Å². The van der Waals surface area contributed by atoms with E-state index in [1.807, 2.05) is 19.9 Å². The highest BCUT2D eigenvalue weighted by atomic mass is 35.5. The molecule has 2 heterocycles. The van der Waals surface area contributed by atoms with E-state index in [-0.39, 0.29) is 0 Å². The molecule has 0 spiro atoms. The van der Waals surface area contributed by atoms with Crippen LogP contribution in [0.5, 0.6) is 0 Å². The van der Waals surface area contributed by atoms with Gasteiger partial charge in [0, 0.05) is 5.69 Å². The molecule has 0 saturated heterocycles. The Morgan fingerprint density at radius 3 is 2.78 bits per heavy atom. The zero-order valence-corrected chi connectivity index (χ0v) is 13.7. The van der Waals surface area contributed by atoms with Crippen LogP contribution in [0.4, 0.5) is 11.5 Å². The van der Waals surface area contributed by atoms with Crippen LogP contribution in [0, 0.1) is 13.8 Å². The van der Waals surface area contributed by atoms with Gasteiger partial charge in [-0.1, -0.05) is 11.6 Å². The van der Waals surface area contributed by atoms with Crippen LogP contribution in [0.2, 0.25) is 5.02 Å². The van der Waals surface area contributed by atoms with Crippen molar-refractivity contribution in [3.63, 3.8) is 0 Å². The van der Waals surface area contributed by atoms with Gasteiger partial charge in [0.15, 0.2) is 0 Å². The third kappa shape index (κ3) is 2.98. The first-order valence-corrected chi connectivity index (χ1v) is 7.34. The molecule has 6 nitrogen and oxygen atoms in total. The van der Waals surface area contributed by atoms with Gasteiger partial charge in [-0.2, -0.15) is 0 Å². The number of nitrogens with zero attached hydrogens (tertiary/aromatic N) is 2. The normalized spacial score (nSPS) is 10.8. The Balaban J connectivity index is 2.07. The number of halogens is 1. The minimum Gasteiger partial charge on any atom is -0.465 e. The molecule has 0 aliphatic carbocycles. The van der Waals surface area contributed by atoms with E-state index in [2.05, 4.69) is 20.3 Å². The molecule has 0 aliphatic heterocycles. The summed E-state index contributed by atoms with van der Waals surface area (Å²) >= 11 is 6.22. The summed E-state index contributed by atoms with van der Waals surface area (Å²) in [4.78, 5) is 23.7. The number of benzene rings is 1. The van der Waals surface area contributed by atoms with E-state index in [4.69, 9.17) is 16.3 Å². The predicted octanol–water partition coefficient (Wildman–Crippen LogP) is 3.76. The Morgan fingerprint density at radius 1 is 1.26 bits per heavy atom. The van der Waals surface area contributed by atoms with E-state index in [1.54, 1.807) is 18.2 Å². The molecule has 0 fully saturated rings. The molecule has 3 aromatic rings.